The molecule has 5 aliphatic rings. The summed E-state index contributed by atoms with van der Waals surface area (Å²) in [4.78, 5) is 0. The molecule has 62 heavy (non-hydrogen) atoms. The fraction of sp³-hybridized carbons (Fsp3) is 1.00. The van der Waals surface area contributed by atoms with Crippen molar-refractivity contribution in [2.45, 2.75) is 232 Å². The van der Waals surface area contributed by atoms with Gasteiger partial charge in [-0.3, -0.25) is 0 Å². The molecule has 0 spiro atoms. The van der Waals surface area contributed by atoms with Crippen molar-refractivity contribution in [1.82, 2.24) is 16.0 Å². The third-order valence-electron chi connectivity index (χ3n) is 12.2. The Balaban J connectivity index is -0.000000645. The second kappa shape index (κ2) is 43.0. The zero-order valence-electron chi connectivity index (χ0n) is 40.8. The molecule has 3 saturated heterocycles. The quantitative estimate of drug-likeness (QED) is 0.134. The molecule has 15 nitrogen and oxygen atoms in total. The molecule has 0 aromatic heterocycles. The average Bonchev–Trinajstić information content (AvgIpc) is 4.05. The Morgan fingerprint density at radius 1 is 0.500 bits per heavy atom. The van der Waals surface area contributed by atoms with Gasteiger partial charge in [0, 0.05) is 70.1 Å². The van der Waals surface area contributed by atoms with E-state index in [0.717, 1.165) is 70.8 Å². The van der Waals surface area contributed by atoms with Gasteiger partial charge >= 0.3 is 0 Å². The summed E-state index contributed by atoms with van der Waals surface area (Å²) in [6.07, 6.45) is 13.5. The van der Waals surface area contributed by atoms with Crippen LogP contribution in [0.3, 0.4) is 0 Å². The first kappa shape index (κ1) is 65.7. The molecule has 5 fully saturated rings. The molecule has 1 unspecified atom stereocenters. The lowest BCUT2D eigenvalue weighted by Crippen LogP contribution is -2.33. The topological polar surface area (TPSA) is 279 Å². The summed E-state index contributed by atoms with van der Waals surface area (Å²) in [5.74, 6) is 1.42. The number of hydrogen-bond donors (Lipinski definition) is 15. The molecule has 0 aromatic rings. The summed E-state index contributed by atoms with van der Waals surface area (Å²) in [5, 5.41) is 115. The summed E-state index contributed by atoms with van der Waals surface area (Å²) in [6, 6.07) is 0.769. The molecule has 5 rings (SSSR count). The molecule has 0 radical (unpaired) electrons. The number of rotatable bonds is 12. The Morgan fingerprint density at radius 3 is 1.15 bits per heavy atom. The second-order valence-corrected chi connectivity index (χ2v) is 18.1. The molecule has 3 heterocycles. The van der Waals surface area contributed by atoms with Crippen molar-refractivity contribution in [3.8, 4) is 0 Å². The monoisotopic (exact) mass is 902 g/mol. The molecule has 0 aromatic carbocycles. The predicted molar refractivity (Wildman–Crippen MR) is 251 cm³/mol. The van der Waals surface area contributed by atoms with Gasteiger partial charge in [-0.2, -0.15) is 0 Å². The Hall–Kier alpha value is -0.600. The van der Waals surface area contributed by atoms with Gasteiger partial charge in [0.2, 0.25) is 0 Å². The van der Waals surface area contributed by atoms with Crippen LogP contribution in [0.2, 0.25) is 0 Å². The van der Waals surface area contributed by atoms with Gasteiger partial charge in [0.1, 0.15) is 0 Å². The molecule has 15 heteroatoms. The van der Waals surface area contributed by atoms with Gasteiger partial charge in [-0.15, -0.1) is 0 Å². The molecular weight excluding hydrogens is 799 g/mol. The van der Waals surface area contributed by atoms with Crippen LogP contribution in [-0.4, -0.2) is 174 Å². The maximum atomic E-state index is 9.19. The van der Waals surface area contributed by atoms with Crippen LogP contribution in [0, 0.1) is 23.7 Å². The van der Waals surface area contributed by atoms with Crippen LogP contribution >= 0.6 is 0 Å². The highest BCUT2D eigenvalue weighted by Crippen LogP contribution is 2.24. The van der Waals surface area contributed by atoms with Crippen LogP contribution in [-0.2, 0) is 0 Å². The fourth-order valence-corrected chi connectivity index (χ4v) is 7.00. The van der Waals surface area contributed by atoms with E-state index in [4.69, 9.17) is 51.1 Å². The van der Waals surface area contributed by atoms with Gasteiger partial charge in [-0.1, -0.05) is 88.0 Å². The van der Waals surface area contributed by atoms with Gasteiger partial charge in [-0.25, -0.2) is 0 Å². The number of aliphatic hydroxyl groups excluding tert-OH is 12. The summed E-state index contributed by atoms with van der Waals surface area (Å²) in [6.45, 7) is 21.2. The van der Waals surface area contributed by atoms with Crippen LogP contribution in [0.1, 0.15) is 165 Å². The number of β-amino-alcohol motifs (C(OH)–C–C–N with tert-alkyl or cyclic N) is 3. The van der Waals surface area contributed by atoms with Gasteiger partial charge in [0.05, 0.1) is 48.8 Å². The van der Waals surface area contributed by atoms with Crippen LogP contribution in [0.5, 0.6) is 0 Å². The van der Waals surface area contributed by atoms with E-state index in [9.17, 15) is 10.2 Å². The first-order valence-corrected chi connectivity index (χ1v) is 24.5. The first-order valence-electron chi connectivity index (χ1n) is 24.5. The second-order valence-electron chi connectivity index (χ2n) is 18.1. The average molecular weight is 902 g/mol. The smallest absolute Gasteiger partial charge is 0.0963 e. The Bertz CT molecular complexity index is 890. The molecule has 0 amide bonds. The van der Waals surface area contributed by atoms with Crippen molar-refractivity contribution in [1.29, 1.82) is 0 Å². The van der Waals surface area contributed by atoms with E-state index < -0.39 is 24.4 Å². The van der Waals surface area contributed by atoms with Crippen molar-refractivity contribution in [3.63, 3.8) is 0 Å². The van der Waals surface area contributed by atoms with Crippen molar-refractivity contribution >= 4 is 0 Å². The number of unbranched alkanes of at least 4 members (excludes halogenated alkanes) is 2. The SMILES string of the molecule is CC1[C@H](O)CCC[C@@H]1O.CCCCO.CCCC[C@H](C)CO.CC[C@@H]1C[C@@H](O)CN1.CC[C@H]1NC[C@H](O)[C@@H]1O.CC[C@H]1NC[C@H](O)[C@H]1O.C[C@H](CO)CCO.C[C@H]1CCC[C@@H]1O. The lowest BCUT2D eigenvalue weighted by Gasteiger charge is -2.28. The normalized spacial score (nSPS) is 33.0. The van der Waals surface area contributed by atoms with Crippen LogP contribution in [0.4, 0.5) is 0 Å². The fourth-order valence-electron chi connectivity index (χ4n) is 7.00. The maximum absolute atomic E-state index is 9.19. The van der Waals surface area contributed by atoms with E-state index in [-0.39, 0.29) is 61.5 Å². The minimum Gasteiger partial charge on any atom is -0.396 e. The lowest BCUT2D eigenvalue weighted by atomic mass is 9.86. The van der Waals surface area contributed by atoms with Crippen molar-refractivity contribution in [2.24, 2.45) is 23.7 Å². The molecular formula is C47H103N3O12. The van der Waals surface area contributed by atoms with E-state index in [0.29, 0.717) is 50.6 Å². The van der Waals surface area contributed by atoms with Gasteiger partial charge in [-0.05, 0) is 94.8 Å². The van der Waals surface area contributed by atoms with E-state index in [1.165, 1.54) is 32.1 Å². The van der Waals surface area contributed by atoms with E-state index in [1.54, 1.807) is 0 Å². The highest BCUT2D eigenvalue weighted by atomic mass is 16.3. The van der Waals surface area contributed by atoms with Crippen LogP contribution in [0.15, 0.2) is 0 Å². The summed E-state index contributed by atoms with van der Waals surface area (Å²) >= 11 is 0. The molecule has 3 aliphatic heterocycles. The third kappa shape index (κ3) is 33.8. The van der Waals surface area contributed by atoms with E-state index in [2.05, 4.69) is 50.6 Å². The minimum atomic E-state index is -0.560. The molecule has 0 bridgehead atoms. The minimum absolute atomic E-state index is 0.0139. The number of hydrogen-bond acceptors (Lipinski definition) is 15. The molecule has 2 aliphatic carbocycles. The van der Waals surface area contributed by atoms with Gasteiger partial charge in [0.15, 0.2) is 0 Å². The van der Waals surface area contributed by atoms with E-state index in [1.807, 2.05) is 27.7 Å². The predicted octanol–water partition coefficient (Wildman–Crippen LogP) is 2.58. The zero-order valence-corrected chi connectivity index (χ0v) is 40.8. The summed E-state index contributed by atoms with van der Waals surface area (Å²) < 4.78 is 0. The molecule has 378 valence electrons. The number of aliphatic hydroxyl groups is 12. The standard InChI is InChI=1S/C7H14O2.C7H16O.2C6H13NO2.C6H13NO.C6H12O.C5H12O2.C4H10O/c1-5-6(8)3-2-4-7(5)9;1-3-4-5-7(2)6-8;2*1-2-4-6(9)5(8)3-7-4;1-2-5-3-6(8)4-7-5;1-5-3-2-4-6(5)7;1-5(4-7)2-3-6;1-2-3-4-5/h5-9H,2-4H2,1H3;7-8H,3-6H2,1-2H3;2*4-9H,2-3H2,1H3;5-8H,2-4H2,1H3;2*5-7H,2-4H2,1H3;5H,2-4H2,1H3/t5?,6-,7+;7-;4-,5+,6+;4-,5+,6-;2*5-,6-;5-;/m.011100./s1. The highest BCUT2D eigenvalue weighted by Gasteiger charge is 2.32. The highest BCUT2D eigenvalue weighted by molar-refractivity contribution is 4.90. The summed E-state index contributed by atoms with van der Waals surface area (Å²) in [7, 11) is 0. The summed E-state index contributed by atoms with van der Waals surface area (Å²) in [5.41, 5.74) is 0. The Kier molecular flexibility index (Phi) is 45.6. The van der Waals surface area contributed by atoms with Crippen molar-refractivity contribution in [2.75, 3.05) is 46.1 Å². The van der Waals surface area contributed by atoms with Crippen LogP contribution in [0.25, 0.3) is 0 Å². The Labute approximate surface area is 378 Å². The third-order valence-corrected chi connectivity index (χ3v) is 12.2. The van der Waals surface area contributed by atoms with Gasteiger partial charge in [0.25, 0.3) is 0 Å². The zero-order chi connectivity index (χ0) is 48.0. The van der Waals surface area contributed by atoms with Crippen molar-refractivity contribution in [3.05, 3.63) is 0 Å². The Morgan fingerprint density at radius 2 is 0.952 bits per heavy atom. The van der Waals surface area contributed by atoms with Crippen LogP contribution < -0.4 is 16.0 Å². The number of nitrogens with one attached hydrogen (secondary N) is 3. The maximum Gasteiger partial charge on any atom is 0.0963 e. The van der Waals surface area contributed by atoms with E-state index >= 15 is 0 Å². The molecule has 15 atom stereocenters. The first-order chi connectivity index (χ1) is 29.4. The lowest BCUT2D eigenvalue weighted by molar-refractivity contribution is -0.0142. The largest absolute Gasteiger partial charge is 0.396 e. The van der Waals surface area contributed by atoms with Gasteiger partial charge < -0.3 is 77.2 Å². The molecule has 2 saturated carbocycles. The van der Waals surface area contributed by atoms with Crippen molar-refractivity contribution < 1.29 is 61.3 Å². The molecule has 15 N–H and O–H groups in total.